The van der Waals surface area contributed by atoms with Crippen molar-refractivity contribution in [2.45, 2.75) is 480 Å². The molecule has 0 bridgehead atoms. The van der Waals surface area contributed by atoms with E-state index >= 15 is 0 Å². The normalized spacial score (nSPS) is 21.4. The average Bonchev–Trinajstić information content (AvgIpc) is 0.781. The number of aliphatic hydroxyl groups excluding tert-OH is 5. The van der Waals surface area contributed by atoms with E-state index in [1.165, 1.54) is 128 Å². The Labute approximate surface area is 635 Å². The van der Waals surface area contributed by atoms with Gasteiger partial charge in [-0.2, -0.15) is 0 Å². The van der Waals surface area contributed by atoms with Gasteiger partial charge in [-0.3, -0.25) is 28.5 Å². The first-order valence-corrected chi connectivity index (χ1v) is 44.5. The molecular formula is C82H155N2O20P. The maximum Gasteiger partial charge on any atom is 0.470 e. The summed E-state index contributed by atoms with van der Waals surface area (Å²) in [5, 5.41) is 61.3. The van der Waals surface area contributed by atoms with Crippen LogP contribution >= 0.6 is 7.82 Å². The summed E-state index contributed by atoms with van der Waals surface area (Å²) < 4.78 is 54.8. The minimum atomic E-state index is -5.56. The number of carbonyl (C=O) groups is 5. The minimum absolute atomic E-state index is 0.130. The van der Waals surface area contributed by atoms with Gasteiger partial charge in [0.05, 0.1) is 38.6 Å². The number of phosphoric ester groups is 1. The minimum Gasteiger partial charge on any atom is -0.462 e. The molecule has 0 aromatic heterocycles. The molecule has 2 saturated heterocycles. The largest absolute Gasteiger partial charge is 0.470 e. The lowest BCUT2D eigenvalue weighted by Gasteiger charge is -2.46. The summed E-state index contributed by atoms with van der Waals surface area (Å²) in [5.74, 6) is -3.45. The molecule has 0 aliphatic carbocycles. The number of aliphatic hydroxyl groups is 5. The highest BCUT2D eigenvalue weighted by Crippen LogP contribution is 2.43. The lowest BCUT2D eigenvalue weighted by Crippen LogP contribution is -2.67. The van der Waals surface area contributed by atoms with Crippen molar-refractivity contribution in [3.8, 4) is 0 Å². The first kappa shape index (κ1) is 98.2. The second-order valence-corrected chi connectivity index (χ2v) is 31.9. The molecule has 6 unspecified atom stereocenters. The molecule has 0 saturated carbocycles. The van der Waals surface area contributed by atoms with E-state index in [4.69, 9.17) is 32.9 Å². The standard InChI is InChI=1S/C82H155N2O20P/c1-6-11-16-21-26-31-33-38-43-48-53-58-72(89)99-66(56-51-46-41-36-29-24-19-14-9-4)61-71(88)84-76-80(103-74(91)62-67(57-52-47-42-37-30-25-20-15-10-5)100-73(90)59-54-49-44-39-34-32-27-22-17-12-7-2)79(104-105(95,96)97)68(63-85)102-82(76)98-64-69-77(92)78(93)75(81(94)101-69)83-70(87)60-65(86)55-50-45-40-35-28-23-18-13-8-3/h65-69,75-82,85-86,92-94H,6-64H2,1-5H3,(H,83,87)(H,84,88)(H2,95,96,97)/t65-,66-,67-,68?,69?,75?,76?,77-,78?,79-,80?,81+,82-/m1/s1. The van der Waals surface area contributed by atoms with Crippen LogP contribution in [0.1, 0.15) is 401 Å². The highest BCUT2D eigenvalue weighted by molar-refractivity contribution is 7.46. The van der Waals surface area contributed by atoms with E-state index in [0.29, 0.717) is 51.4 Å². The van der Waals surface area contributed by atoms with Gasteiger partial charge in [0.25, 0.3) is 0 Å². The third kappa shape index (κ3) is 50.6. The fourth-order valence-electron chi connectivity index (χ4n) is 14.4. The molecular weight excluding hydrogens is 1360 g/mol. The summed E-state index contributed by atoms with van der Waals surface area (Å²) in [6.07, 6.45) is 34.5. The van der Waals surface area contributed by atoms with Crippen LogP contribution in [0.5, 0.6) is 0 Å². The zero-order valence-corrected chi connectivity index (χ0v) is 67.5. The fourth-order valence-corrected chi connectivity index (χ4v) is 15.0. The van der Waals surface area contributed by atoms with Gasteiger partial charge in [0, 0.05) is 12.8 Å². The van der Waals surface area contributed by atoms with Crippen LogP contribution in [0.2, 0.25) is 0 Å². The summed E-state index contributed by atoms with van der Waals surface area (Å²) in [5.41, 5.74) is 0. The topological polar surface area (TPSA) is 333 Å². The van der Waals surface area contributed by atoms with E-state index < -0.39 is 143 Å². The monoisotopic (exact) mass is 1520 g/mol. The Balaban J connectivity index is 2.52. The van der Waals surface area contributed by atoms with Crippen LogP contribution in [-0.4, -0.2) is 158 Å². The van der Waals surface area contributed by atoms with E-state index in [1.54, 1.807) is 0 Å². The van der Waals surface area contributed by atoms with Crippen molar-refractivity contribution in [3.63, 3.8) is 0 Å². The number of unbranched alkanes of at least 4 members (excludes halogenated alkanes) is 44. The quantitative estimate of drug-likeness (QED) is 0.0118. The van der Waals surface area contributed by atoms with Gasteiger partial charge in [-0.1, -0.05) is 324 Å². The second kappa shape index (κ2) is 64.8. The molecule has 0 aromatic carbocycles. The molecule has 2 heterocycles. The predicted octanol–water partition coefficient (Wildman–Crippen LogP) is 17.0. The number of amides is 2. The number of rotatable bonds is 71. The van der Waals surface area contributed by atoms with Crippen molar-refractivity contribution in [2.24, 2.45) is 0 Å². The highest BCUT2D eigenvalue weighted by Gasteiger charge is 2.53. The third-order valence-corrected chi connectivity index (χ3v) is 21.4. The molecule has 0 aromatic rings. The molecule has 2 aliphatic rings. The van der Waals surface area contributed by atoms with Gasteiger partial charge in [-0.05, 0) is 44.9 Å². The lowest BCUT2D eigenvalue weighted by molar-refractivity contribution is -0.297. The predicted molar refractivity (Wildman–Crippen MR) is 413 cm³/mol. The Morgan fingerprint density at radius 1 is 0.400 bits per heavy atom. The van der Waals surface area contributed by atoms with Gasteiger partial charge in [0.1, 0.15) is 54.8 Å². The Kier molecular flexibility index (Phi) is 60.6. The van der Waals surface area contributed by atoms with E-state index in [1.807, 2.05) is 0 Å². The molecule has 23 heteroatoms. The third-order valence-electron chi connectivity index (χ3n) is 20.8. The van der Waals surface area contributed by atoms with Crippen molar-refractivity contribution >= 4 is 37.5 Å². The number of hydrogen-bond donors (Lipinski definition) is 9. The van der Waals surface area contributed by atoms with Crippen molar-refractivity contribution in [2.75, 3.05) is 13.2 Å². The second-order valence-electron chi connectivity index (χ2n) is 30.7. The fraction of sp³-hybridized carbons (Fsp3) is 0.939. The Bertz CT molecular complexity index is 2180. The molecule has 2 amide bonds. The lowest BCUT2D eigenvalue weighted by atomic mass is 9.95. The van der Waals surface area contributed by atoms with Crippen LogP contribution in [0.15, 0.2) is 0 Å². The van der Waals surface area contributed by atoms with Crippen molar-refractivity contribution in [3.05, 3.63) is 0 Å². The number of phosphoric acid groups is 1. The van der Waals surface area contributed by atoms with E-state index in [0.717, 1.165) is 154 Å². The van der Waals surface area contributed by atoms with Gasteiger partial charge in [-0.15, -0.1) is 0 Å². The van der Waals surface area contributed by atoms with Gasteiger partial charge < -0.3 is 74.4 Å². The molecule has 2 fully saturated rings. The van der Waals surface area contributed by atoms with Crippen molar-refractivity contribution < 1.29 is 96.8 Å². The first-order valence-electron chi connectivity index (χ1n) is 43.0. The zero-order valence-electron chi connectivity index (χ0n) is 66.6. The van der Waals surface area contributed by atoms with Crippen LogP contribution in [0.3, 0.4) is 0 Å². The van der Waals surface area contributed by atoms with Crippen LogP contribution in [0, 0.1) is 0 Å². The summed E-state index contributed by atoms with van der Waals surface area (Å²) in [6, 6.07) is -3.31. The highest BCUT2D eigenvalue weighted by atomic mass is 31.2. The SMILES string of the molecule is CCCCCCCCCCCCCC(=O)O[C@H](CCCCCCCCCCC)CC(=O)NC1C(OC(=O)C[C@@H](CCCCCCCCCCC)OC(=O)CCCCCCCCCCCCC)[C@H](OP(=O)(O)O)C(CO)O[C@H]1OCC1O[C@H](O)C(NC(=O)C[C@H](O)CCCCCCCCCCC)C(O)[C@@H]1O. The summed E-state index contributed by atoms with van der Waals surface area (Å²) >= 11 is 0. The zero-order chi connectivity index (χ0) is 77.0. The Morgan fingerprint density at radius 2 is 0.743 bits per heavy atom. The van der Waals surface area contributed by atoms with Crippen LogP contribution in [0.4, 0.5) is 0 Å². The molecule has 618 valence electrons. The number of carbonyl (C=O) groups excluding carboxylic acids is 5. The van der Waals surface area contributed by atoms with Gasteiger partial charge in [0.15, 0.2) is 18.7 Å². The van der Waals surface area contributed by atoms with Crippen LogP contribution in [-0.2, 0) is 61.5 Å². The number of ether oxygens (including phenoxy) is 6. The molecule has 22 nitrogen and oxygen atoms in total. The molecule has 13 atom stereocenters. The maximum atomic E-state index is 14.8. The van der Waals surface area contributed by atoms with E-state index in [2.05, 4.69) is 45.3 Å². The van der Waals surface area contributed by atoms with Gasteiger partial charge in [-0.25, -0.2) is 4.57 Å². The summed E-state index contributed by atoms with van der Waals surface area (Å²) in [6.45, 7) is 9.19. The van der Waals surface area contributed by atoms with E-state index in [-0.39, 0.29) is 19.3 Å². The van der Waals surface area contributed by atoms with Crippen LogP contribution in [0.25, 0.3) is 0 Å². The van der Waals surface area contributed by atoms with Gasteiger partial charge in [0.2, 0.25) is 11.8 Å². The maximum absolute atomic E-state index is 14.8. The van der Waals surface area contributed by atoms with E-state index in [9.17, 15) is 63.9 Å². The number of esters is 3. The summed E-state index contributed by atoms with van der Waals surface area (Å²) in [7, 11) is -5.56. The Morgan fingerprint density at radius 3 is 1.12 bits per heavy atom. The molecule has 2 aliphatic heterocycles. The van der Waals surface area contributed by atoms with Crippen molar-refractivity contribution in [1.82, 2.24) is 10.6 Å². The molecule has 0 radical (unpaired) electrons. The van der Waals surface area contributed by atoms with Crippen molar-refractivity contribution in [1.29, 1.82) is 0 Å². The average molecular weight is 1520 g/mol. The smallest absolute Gasteiger partial charge is 0.462 e. The molecule has 0 spiro atoms. The number of nitrogens with one attached hydrogen (secondary N) is 2. The Hall–Kier alpha value is -2.86. The molecule has 2 rings (SSSR count). The van der Waals surface area contributed by atoms with Crippen LogP contribution < -0.4 is 10.6 Å². The number of hydrogen-bond acceptors (Lipinski definition) is 18. The van der Waals surface area contributed by atoms with Gasteiger partial charge >= 0.3 is 25.7 Å². The first-order chi connectivity index (χ1) is 50.8. The molecule has 9 N–H and O–H groups in total. The summed E-state index contributed by atoms with van der Waals surface area (Å²) in [4.78, 5) is 91.0. The molecule has 105 heavy (non-hydrogen) atoms.